The highest BCUT2D eigenvalue weighted by Gasteiger charge is 2.43. The van der Waals surface area contributed by atoms with Crippen molar-refractivity contribution in [2.75, 3.05) is 18.9 Å². The van der Waals surface area contributed by atoms with Crippen molar-refractivity contribution in [3.05, 3.63) is 75.4 Å². The topological polar surface area (TPSA) is 122 Å². The summed E-state index contributed by atoms with van der Waals surface area (Å²) in [6, 6.07) is 6.79. The predicted octanol–water partition coefficient (Wildman–Crippen LogP) is 5.20. The van der Waals surface area contributed by atoms with E-state index in [1.807, 2.05) is 0 Å². The molecular formula is C26H24Cl2F2N2O8S2. The fraction of sp³-hybridized carbons (Fsp3) is 0.385. The van der Waals surface area contributed by atoms with Gasteiger partial charge in [0.05, 0.1) is 12.9 Å². The first kappa shape index (κ1) is 30.7. The van der Waals surface area contributed by atoms with Crippen molar-refractivity contribution in [2.24, 2.45) is 5.92 Å². The minimum Gasteiger partial charge on any atom is -0.619 e. The van der Waals surface area contributed by atoms with Gasteiger partial charge in [-0.05, 0) is 48.6 Å². The van der Waals surface area contributed by atoms with Crippen LogP contribution in [0.2, 0.25) is 10.0 Å². The van der Waals surface area contributed by atoms with Crippen molar-refractivity contribution < 1.29 is 45.4 Å². The zero-order chi connectivity index (χ0) is 30.0. The van der Waals surface area contributed by atoms with E-state index < -0.39 is 34.1 Å². The van der Waals surface area contributed by atoms with Crippen molar-refractivity contribution >= 4 is 51.0 Å². The zero-order valence-corrected chi connectivity index (χ0v) is 24.8. The third-order valence-corrected chi connectivity index (χ3v) is 10.3. The summed E-state index contributed by atoms with van der Waals surface area (Å²) in [5, 5.41) is 10.2. The molecule has 2 fully saturated rings. The second kappa shape index (κ2) is 12.8. The summed E-state index contributed by atoms with van der Waals surface area (Å²) < 4.78 is 75.2. The van der Waals surface area contributed by atoms with Gasteiger partial charge < -0.3 is 23.8 Å². The highest BCUT2D eigenvalue weighted by Crippen LogP contribution is 2.39. The Bertz CT molecular complexity index is 1520. The number of alkyl halides is 2. The van der Waals surface area contributed by atoms with Crippen molar-refractivity contribution in [2.45, 2.75) is 42.4 Å². The van der Waals surface area contributed by atoms with Gasteiger partial charge in [0.25, 0.3) is 10.0 Å². The fourth-order valence-corrected chi connectivity index (χ4v) is 7.83. The summed E-state index contributed by atoms with van der Waals surface area (Å²) >= 11 is 13.7. The van der Waals surface area contributed by atoms with Gasteiger partial charge in [-0.15, -0.1) is 11.8 Å². The van der Waals surface area contributed by atoms with E-state index >= 15 is 0 Å². The van der Waals surface area contributed by atoms with E-state index in [1.54, 1.807) is 0 Å². The summed E-state index contributed by atoms with van der Waals surface area (Å²) in [5.74, 6) is -0.453. The number of nitrogens with zero attached hydrogens (tertiary/aromatic N) is 2. The van der Waals surface area contributed by atoms with Crippen LogP contribution in [-0.2, 0) is 26.0 Å². The number of benzene rings is 1. The molecule has 1 saturated carbocycles. The van der Waals surface area contributed by atoms with Gasteiger partial charge in [-0.3, -0.25) is 0 Å². The lowest BCUT2D eigenvalue weighted by Gasteiger charge is -2.25. The average molecular weight is 666 g/mol. The molecule has 1 aliphatic heterocycles. The van der Waals surface area contributed by atoms with Crippen LogP contribution < -0.4 is 14.2 Å². The number of furan rings is 1. The molecule has 5 rings (SSSR count). The molecule has 2 aliphatic rings. The van der Waals surface area contributed by atoms with E-state index in [2.05, 4.69) is 4.74 Å². The molecule has 1 aromatic carbocycles. The van der Waals surface area contributed by atoms with E-state index in [-0.39, 0.29) is 51.8 Å². The first-order valence-electron chi connectivity index (χ1n) is 12.7. The molecule has 0 spiro atoms. The Morgan fingerprint density at radius 2 is 1.93 bits per heavy atom. The number of carbonyl (C=O) groups is 1. The Kier molecular flexibility index (Phi) is 9.38. The highest BCUT2D eigenvalue weighted by molar-refractivity contribution is 8.02. The van der Waals surface area contributed by atoms with Crippen molar-refractivity contribution in [3.63, 3.8) is 0 Å². The summed E-state index contributed by atoms with van der Waals surface area (Å²) in [6.07, 6.45) is 3.99. The number of ether oxygens (including phenoxy) is 3. The Balaban J connectivity index is 1.47. The Morgan fingerprint density at radius 1 is 1.19 bits per heavy atom. The number of pyridine rings is 1. The molecule has 2 aromatic heterocycles. The van der Waals surface area contributed by atoms with Gasteiger partial charge in [0.1, 0.15) is 16.1 Å². The van der Waals surface area contributed by atoms with Crippen LogP contribution in [0.4, 0.5) is 8.78 Å². The van der Waals surface area contributed by atoms with Crippen molar-refractivity contribution in [3.8, 4) is 11.5 Å². The number of sulfonamides is 1. The van der Waals surface area contributed by atoms with E-state index in [0.29, 0.717) is 22.0 Å². The lowest BCUT2D eigenvalue weighted by Crippen LogP contribution is -2.40. The lowest BCUT2D eigenvalue weighted by molar-refractivity contribution is -0.605. The number of halogens is 4. The quantitative estimate of drug-likeness (QED) is 0.146. The molecule has 10 nitrogen and oxygen atoms in total. The second-order valence-corrected chi connectivity index (χ2v) is 13.4. The van der Waals surface area contributed by atoms with Crippen LogP contribution in [0.5, 0.6) is 11.5 Å². The molecule has 0 N–H and O–H groups in total. The van der Waals surface area contributed by atoms with Gasteiger partial charge >= 0.3 is 12.6 Å². The normalized spacial score (nSPS) is 18.3. The minimum absolute atomic E-state index is 0.00123. The first-order chi connectivity index (χ1) is 20.0. The summed E-state index contributed by atoms with van der Waals surface area (Å²) in [6.45, 7) is -2.78. The van der Waals surface area contributed by atoms with Crippen LogP contribution in [0.1, 0.15) is 30.1 Å². The Hall–Kier alpha value is -2.78. The number of thioether (sulfide) groups is 1. The van der Waals surface area contributed by atoms with E-state index in [0.717, 1.165) is 41.3 Å². The summed E-state index contributed by atoms with van der Waals surface area (Å²) in [4.78, 5) is 13.5. The molecule has 0 radical (unpaired) electrons. The predicted molar refractivity (Wildman–Crippen MR) is 148 cm³/mol. The van der Waals surface area contributed by atoms with Gasteiger partial charge in [0.2, 0.25) is 5.09 Å². The maximum atomic E-state index is 13.5. The number of carbonyl (C=O) groups excluding carboxylic acids is 1. The fourth-order valence-electron chi connectivity index (χ4n) is 4.27. The van der Waals surface area contributed by atoms with Gasteiger partial charge in [-0.1, -0.05) is 29.3 Å². The molecule has 226 valence electrons. The average Bonchev–Trinajstić information content (AvgIpc) is 3.36. The number of hydrogen-bond donors (Lipinski definition) is 0. The summed E-state index contributed by atoms with van der Waals surface area (Å²) in [5.41, 5.74) is 0.584. The van der Waals surface area contributed by atoms with Crippen molar-refractivity contribution in [1.82, 2.24) is 4.31 Å². The van der Waals surface area contributed by atoms with Crippen LogP contribution in [0.3, 0.4) is 0 Å². The zero-order valence-electron chi connectivity index (χ0n) is 21.7. The monoisotopic (exact) mass is 664 g/mol. The molecule has 42 heavy (non-hydrogen) atoms. The van der Waals surface area contributed by atoms with Gasteiger partial charge in [0, 0.05) is 24.3 Å². The summed E-state index contributed by atoms with van der Waals surface area (Å²) in [7, 11) is -4.14. The number of hydrogen-bond acceptors (Lipinski definition) is 9. The molecule has 0 amide bonds. The molecule has 0 unspecified atom stereocenters. The molecule has 16 heteroatoms. The van der Waals surface area contributed by atoms with Crippen molar-refractivity contribution in [1.29, 1.82) is 0 Å². The van der Waals surface area contributed by atoms with E-state index in [9.17, 15) is 27.2 Å². The van der Waals surface area contributed by atoms with Crippen LogP contribution in [0.15, 0.2) is 58.5 Å². The third kappa shape index (κ3) is 7.05. The van der Waals surface area contributed by atoms with E-state index in [1.165, 1.54) is 36.6 Å². The number of esters is 1. The molecule has 2 atom stereocenters. The first-order valence-corrected chi connectivity index (χ1v) is 15.9. The second-order valence-electron chi connectivity index (χ2n) is 9.53. The van der Waals surface area contributed by atoms with Crippen LogP contribution in [0, 0.1) is 11.1 Å². The lowest BCUT2D eigenvalue weighted by atomic mass is 10.0. The number of rotatable bonds is 12. The molecule has 0 bridgehead atoms. The standard InChI is InChI=1S/C26H24Cl2F2N2O8S2/c27-18-12-31(34)13-19(28)17(18)11-21(16-5-6-20(40-26(29)30)22(10-16)38-14-15-3-4-15)39-25(33)24-32(7-9-41-24)42(35,36)23-2-1-8-37-23/h1-2,5-6,8,10,12-13,15,21,24,26H,3-4,7,9,11,14H2/t21-,24-/m0/s1. The van der Waals surface area contributed by atoms with Gasteiger partial charge in [0.15, 0.2) is 29.3 Å². The molecular weight excluding hydrogens is 641 g/mol. The highest BCUT2D eigenvalue weighted by atomic mass is 35.5. The maximum Gasteiger partial charge on any atom is 0.387 e. The van der Waals surface area contributed by atoms with Crippen LogP contribution in [0.25, 0.3) is 0 Å². The third-order valence-electron chi connectivity index (χ3n) is 6.54. The Labute approximate surface area is 254 Å². The SMILES string of the molecule is O=C(O[C@@H](Cc1c(Cl)c[n+]([O-])cc1Cl)c1ccc(OC(F)F)c(OCC2CC2)c1)[C@@H]1SCCN1S(=O)(=O)c1ccco1. The molecule has 3 aromatic rings. The largest absolute Gasteiger partial charge is 0.619 e. The van der Waals surface area contributed by atoms with Gasteiger partial charge in [-0.25, -0.2) is 13.2 Å². The molecule has 1 aliphatic carbocycles. The molecule has 1 saturated heterocycles. The van der Waals surface area contributed by atoms with E-state index in [4.69, 9.17) is 37.1 Å². The maximum absolute atomic E-state index is 13.5. The smallest absolute Gasteiger partial charge is 0.387 e. The Morgan fingerprint density at radius 3 is 2.57 bits per heavy atom. The van der Waals surface area contributed by atoms with Gasteiger partial charge in [-0.2, -0.15) is 17.8 Å². The van der Waals surface area contributed by atoms with Crippen LogP contribution >= 0.6 is 35.0 Å². The molecule has 3 heterocycles. The number of aromatic nitrogens is 1. The van der Waals surface area contributed by atoms with Crippen LogP contribution in [-0.4, -0.2) is 49.6 Å². The minimum atomic E-state index is -4.14.